The normalized spacial score (nSPS) is 17.4. The van der Waals surface area contributed by atoms with E-state index in [2.05, 4.69) is 20.4 Å². The molecule has 1 aliphatic rings. The molecule has 1 unspecified atom stereocenters. The Kier molecular flexibility index (Phi) is 9.54. The summed E-state index contributed by atoms with van der Waals surface area (Å²) < 4.78 is 50.0. The fourth-order valence-corrected chi connectivity index (χ4v) is 3.24. The van der Waals surface area contributed by atoms with Gasteiger partial charge in [0.1, 0.15) is 6.10 Å². The van der Waals surface area contributed by atoms with E-state index >= 15 is 0 Å². The molecule has 1 N–H and O–H groups in total. The maximum atomic E-state index is 13.0. The van der Waals surface area contributed by atoms with Crippen molar-refractivity contribution < 1.29 is 22.4 Å². The Morgan fingerprint density at radius 2 is 2.16 bits per heavy atom. The van der Waals surface area contributed by atoms with Gasteiger partial charge in [-0.25, -0.2) is 0 Å². The van der Waals surface area contributed by atoms with E-state index in [9.17, 15) is 13.2 Å². The number of aliphatic imine (C=N–C) groups is 1. The minimum Gasteiger partial charge on any atom is -0.370 e. The van der Waals surface area contributed by atoms with Gasteiger partial charge in [0.25, 0.3) is 0 Å². The van der Waals surface area contributed by atoms with Crippen LogP contribution in [0.15, 0.2) is 33.8 Å². The molecule has 1 aliphatic heterocycles. The summed E-state index contributed by atoms with van der Waals surface area (Å²) in [6.07, 6.45) is -3.44. The molecule has 3 rings (SSSR count). The molecule has 2 aromatic rings. The van der Waals surface area contributed by atoms with Crippen LogP contribution >= 0.6 is 24.0 Å². The maximum absolute atomic E-state index is 13.0. The molecular weight excluding hydrogens is 526 g/mol. The molecule has 7 nitrogen and oxygen atoms in total. The number of benzene rings is 1. The Hall–Kier alpha value is -1.89. The number of halogens is 4. The first-order chi connectivity index (χ1) is 14.4. The molecule has 1 saturated heterocycles. The van der Waals surface area contributed by atoms with Crippen LogP contribution in [0.5, 0.6) is 0 Å². The van der Waals surface area contributed by atoms with E-state index in [1.807, 2.05) is 11.8 Å². The average molecular weight is 553 g/mol. The number of alkyl halides is 3. The van der Waals surface area contributed by atoms with Crippen LogP contribution in [0.2, 0.25) is 0 Å². The van der Waals surface area contributed by atoms with Gasteiger partial charge in [-0.2, -0.15) is 18.2 Å². The number of hydrogen-bond acceptors (Lipinski definition) is 5. The average Bonchev–Trinajstić information content (AvgIpc) is 3.15. The van der Waals surface area contributed by atoms with E-state index in [1.54, 1.807) is 13.0 Å². The molecule has 0 spiro atoms. The SMILES string of the molecule is CCNC(=NCCCc1nc(C)no1)N1CCOC(c2cccc(C(F)(F)F)c2)C1.I. The van der Waals surface area contributed by atoms with Crippen molar-refractivity contribution in [3.05, 3.63) is 47.1 Å². The van der Waals surface area contributed by atoms with Gasteiger partial charge in [-0.1, -0.05) is 17.3 Å². The minimum absolute atomic E-state index is 0. The number of morpholine rings is 1. The Labute approximate surface area is 196 Å². The molecule has 1 aromatic carbocycles. The standard InChI is InChI=1S/C20H26F3N5O2.HI/c1-3-24-19(25-9-5-8-18-26-14(2)27-30-18)28-10-11-29-17(13-28)15-6-4-7-16(12-15)20(21,22)23;/h4,6-7,12,17H,3,5,8-11,13H2,1-2H3,(H,24,25);1H. The third kappa shape index (κ3) is 7.34. The van der Waals surface area contributed by atoms with Crippen LogP contribution in [0.4, 0.5) is 13.2 Å². The lowest BCUT2D eigenvalue weighted by Gasteiger charge is -2.35. The molecule has 1 fully saturated rings. The molecule has 0 amide bonds. The number of guanidine groups is 1. The second kappa shape index (κ2) is 11.7. The number of aryl methyl sites for hydroxylation is 2. The number of ether oxygens (including phenoxy) is 1. The lowest BCUT2D eigenvalue weighted by molar-refractivity contribution is -0.137. The largest absolute Gasteiger partial charge is 0.416 e. The van der Waals surface area contributed by atoms with E-state index in [1.165, 1.54) is 6.07 Å². The molecule has 31 heavy (non-hydrogen) atoms. The number of hydrogen-bond donors (Lipinski definition) is 1. The van der Waals surface area contributed by atoms with Gasteiger partial charge in [-0.05, 0) is 38.0 Å². The molecule has 172 valence electrons. The van der Waals surface area contributed by atoms with Crippen LogP contribution in [-0.2, 0) is 17.3 Å². The van der Waals surface area contributed by atoms with E-state index in [4.69, 9.17) is 9.26 Å². The van der Waals surface area contributed by atoms with Crippen molar-refractivity contribution in [2.45, 2.75) is 39.0 Å². The summed E-state index contributed by atoms with van der Waals surface area (Å²) in [4.78, 5) is 10.8. The second-order valence-electron chi connectivity index (χ2n) is 7.00. The zero-order valence-corrected chi connectivity index (χ0v) is 19.8. The smallest absolute Gasteiger partial charge is 0.370 e. The summed E-state index contributed by atoms with van der Waals surface area (Å²) in [6, 6.07) is 5.31. The fraction of sp³-hybridized carbons (Fsp3) is 0.550. The third-order valence-corrected chi connectivity index (χ3v) is 4.67. The fourth-order valence-electron chi connectivity index (χ4n) is 3.24. The van der Waals surface area contributed by atoms with Gasteiger partial charge in [0, 0.05) is 26.1 Å². The number of nitrogens with zero attached hydrogens (tertiary/aromatic N) is 4. The van der Waals surface area contributed by atoms with Crippen molar-refractivity contribution in [2.75, 3.05) is 32.8 Å². The predicted molar refractivity (Wildman–Crippen MR) is 120 cm³/mol. The summed E-state index contributed by atoms with van der Waals surface area (Å²) in [5.74, 6) is 1.92. The van der Waals surface area contributed by atoms with Gasteiger partial charge in [0.15, 0.2) is 11.8 Å². The van der Waals surface area contributed by atoms with E-state index in [-0.39, 0.29) is 24.0 Å². The first-order valence-corrected chi connectivity index (χ1v) is 9.98. The lowest BCUT2D eigenvalue weighted by atomic mass is 10.0. The highest BCUT2D eigenvalue weighted by atomic mass is 127. The zero-order valence-electron chi connectivity index (χ0n) is 17.5. The number of rotatable bonds is 6. The van der Waals surface area contributed by atoms with Crippen molar-refractivity contribution >= 4 is 29.9 Å². The van der Waals surface area contributed by atoms with Gasteiger partial charge < -0.3 is 19.5 Å². The van der Waals surface area contributed by atoms with Crippen molar-refractivity contribution in [3.8, 4) is 0 Å². The summed E-state index contributed by atoms with van der Waals surface area (Å²) >= 11 is 0. The highest BCUT2D eigenvalue weighted by Crippen LogP contribution is 2.32. The monoisotopic (exact) mass is 553 g/mol. The van der Waals surface area contributed by atoms with Crippen LogP contribution in [-0.4, -0.2) is 53.8 Å². The van der Waals surface area contributed by atoms with Gasteiger partial charge in [-0.3, -0.25) is 4.99 Å². The predicted octanol–water partition coefficient (Wildman–Crippen LogP) is 3.99. The molecule has 0 radical (unpaired) electrons. The quantitative estimate of drug-likeness (QED) is 0.253. The van der Waals surface area contributed by atoms with E-state index in [0.29, 0.717) is 56.5 Å². The van der Waals surface area contributed by atoms with E-state index in [0.717, 1.165) is 24.5 Å². The lowest BCUT2D eigenvalue weighted by Crippen LogP contribution is -2.48. The van der Waals surface area contributed by atoms with Crippen molar-refractivity contribution in [3.63, 3.8) is 0 Å². The number of nitrogens with one attached hydrogen (secondary N) is 1. The summed E-state index contributed by atoms with van der Waals surface area (Å²) in [5, 5.41) is 7.02. The van der Waals surface area contributed by atoms with Crippen LogP contribution in [0, 0.1) is 6.92 Å². The van der Waals surface area contributed by atoms with Gasteiger partial charge in [0.05, 0.1) is 18.7 Å². The van der Waals surface area contributed by atoms with E-state index < -0.39 is 17.8 Å². The highest BCUT2D eigenvalue weighted by Gasteiger charge is 2.32. The summed E-state index contributed by atoms with van der Waals surface area (Å²) in [7, 11) is 0. The molecule has 1 atom stereocenters. The summed E-state index contributed by atoms with van der Waals surface area (Å²) in [6.45, 7) is 6.45. The Balaban J connectivity index is 0.00000341. The minimum atomic E-state index is -4.38. The number of aromatic nitrogens is 2. The van der Waals surface area contributed by atoms with Crippen LogP contribution in [0.1, 0.15) is 42.3 Å². The maximum Gasteiger partial charge on any atom is 0.416 e. The molecular formula is C20H27F3IN5O2. The van der Waals surface area contributed by atoms with Gasteiger partial charge >= 0.3 is 6.18 Å². The van der Waals surface area contributed by atoms with Crippen LogP contribution < -0.4 is 5.32 Å². The van der Waals surface area contributed by atoms with Gasteiger partial charge in [-0.15, -0.1) is 24.0 Å². The molecule has 0 saturated carbocycles. The molecule has 0 bridgehead atoms. The van der Waals surface area contributed by atoms with Crippen molar-refractivity contribution in [1.82, 2.24) is 20.4 Å². The molecule has 0 aliphatic carbocycles. The second-order valence-corrected chi connectivity index (χ2v) is 7.00. The molecule has 11 heteroatoms. The Morgan fingerprint density at radius 1 is 1.35 bits per heavy atom. The first kappa shape index (κ1) is 25.4. The van der Waals surface area contributed by atoms with Gasteiger partial charge in [0.2, 0.25) is 5.89 Å². The highest BCUT2D eigenvalue weighted by molar-refractivity contribution is 14.0. The topological polar surface area (TPSA) is 75.8 Å². The Morgan fingerprint density at radius 3 is 2.84 bits per heavy atom. The zero-order chi connectivity index (χ0) is 21.6. The molecule has 2 heterocycles. The van der Waals surface area contributed by atoms with Crippen LogP contribution in [0.25, 0.3) is 0 Å². The first-order valence-electron chi connectivity index (χ1n) is 9.98. The summed E-state index contributed by atoms with van der Waals surface area (Å²) in [5.41, 5.74) is -0.158. The third-order valence-electron chi connectivity index (χ3n) is 4.67. The molecule has 1 aromatic heterocycles. The Bertz CT molecular complexity index is 859. The van der Waals surface area contributed by atoms with Crippen molar-refractivity contribution in [1.29, 1.82) is 0 Å². The van der Waals surface area contributed by atoms with Crippen molar-refractivity contribution in [2.24, 2.45) is 4.99 Å². The van der Waals surface area contributed by atoms with Crippen LogP contribution in [0.3, 0.4) is 0 Å².